The molecule has 0 aliphatic carbocycles. The molecular formula is C20H26N2O3. The predicted octanol–water partition coefficient (Wildman–Crippen LogP) is 3.38. The third-order valence-electron chi connectivity index (χ3n) is 5.07. The first-order chi connectivity index (χ1) is 12.1. The number of hydrogen-bond donors (Lipinski definition) is 0. The Bertz CT molecular complexity index is 794. The number of esters is 1. The van der Waals surface area contributed by atoms with Crippen LogP contribution in [0.3, 0.4) is 0 Å². The van der Waals surface area contributed by atoms with Crippen LogP contribution in [-0.4, -0.2) is 41.0 Å². The third kappa shape index (κ3) is 3.15. The molecule has 2 aromatic rings. The Hall–Kier alpha value is -2.30. The van der Waals surface area contributed by atoms with E-state index in [9.17, 15) is 9.59 Å². The summed E-state index contributed by atoms with van der Waals surface area (Å²) in [5.74, 6) is -0.380. The minimum Gasteiger partial charge on any atom is -0.466 e. The van der Waals surface area contributed by atoms with Gasteiger partial charge in [0.25, 0.3) is 5.91 Å². The Kier molecular flexibility index (Phi) is 5.11. The molecule has 1 aliphatic rings. The molecule has 1 saturated heterocycles. The van der Waals surface area contributed by atoms with Gasteiger partial charge in [0, 0.05) is 30.5 Å². The van der Waals surface area contributed by atoms with E-state index in [4.69, 9.17) is 4.74 Å². The smallest absolute Gasteiger partial charge is 0.310 e. The summed E-state index contributed by atoms with van der Waals surface area (Å²) < 4.78 is 7.23. The number of benzene rings is 1. The maximum absolute atomic E-state index is 13.2. The van der Waals surface area contributed by atoms with Crippen molar-refractivity contribution in [3.8, 4) is 0 Å². The number of carbonyl (C=O) groups is 2. The molecule has 1 atom stereocenters. The number of aromatic nitrogens is 1. The first kappa shape index (κ1) is 17.5. The summed E-state index contributed by atoms with van der Waals surface area (Å²) >= 11 is 0. The maximum atomic E-state index is 13.2. The molecular weight excluding hydrogens is 316 g/mol. The van der Waals surface area contributed by atoms with Gasteiger partial charge in [0.1, 0.15) is 5.69 Å². The van der Waals surface area contributed by atoms with E-state index < -0.39 is 0 Å². The van der Waals surface area contributed by atoms with Crippen LogP contribution in [0.15, 0.2) is 24.3 Å². The summed E-state index contributed by atoms with van der Waals surface area (Å²) in [6.45, 7) is 8.14. The van der Waals surface area contributed by atoms with Crippen molar-refractivity contribution in [2.45, 2.75) is 40.2 Å². The Morgan fingerprint density at radius 3 is 2.72 bits per heavy atom. The Morgan fingerprint density at radius 2 is 2.00 bits per heavy atom. The average molecular weight is 342 g/mol. The second-order valence-electron chi connectivity index (χ2n) is 6.58. The van der Waals surface area contributed by atoms with Gasteiger partial charge in [-0.3, -0.25) is 9.59 Å². The van der Waals surface area contributed by atoms with Crippen molar-refractivity contribution in [1.29, 1.82) is 0 Å². The molecule has 1 unspecified atom stereocenters. The molecule has 1 aromatic carbocycles. The van der Waals surface area contributed by atoms with E-state index >= 15 is 0 Å². The Morgan fingerprint density at radius 1 is 1.24 bits per heavy atom. The fourth-order valence-electron chi connectivity index (χ4n) is 3.84. The number of nitrogens with zero attached hydrogens (tertiary/aromatic N) is 2. The van der Waals surface area contributed by atoms with Gasteiger partial charge in [0.05, 0.1) is 12.5 Å². The molecule has 1 fully saturated rings. The SMILES string of the molecule is CCOC(=O)C1CCCN(C(=O)c2c(C)c3ccccc3n2CC)C1. The van der Waals surface area contributed by atoms with Crippen molar-refractivity contribution in [1.82, 2.24) is 9.47 Å². The summed E-state index contributed by atoms with van der Waals surface area (Å²) in [7, 11) is 0. The number of hydrogen-bond acceptors (Lipinski definition) is 3. The lowest BCUT2D eigenvalue weighted by Gasteiger charge is -2.32. The number of aryl methyl sites for hydroxylation is 2. The van der Waals surface area contributed by atoms with Crippen LogP contribution in [0.5, 0.6) is 0 Å². The molecule has 1 amide bonds. The molecule has 0 radical (unpaired) electrons. The Balaban J connectivity index is 1.92. The second-order valence-corrected chi connectivity index (χ2v) is 6.58. The van der Waals surface area contributed by atoms with Crippen molar-refractivity contribution >= 4 is 22.8 Å². The molecule has 0 spiro atoms. The first-order valence-corrected chi connectivity index (χ1v) is 9.12. The lowest BCUT2D eigenvalue weighted by Crippen LogP contribution is -2.43. The fraction of sp³-hybridized carbons (Fsp3) is 0.500. The average Bonchev–Trinajstić information content (AvgIpc) is 2.93. The van der Waals surface area contributed by atoms with Crippen LogP contribution >= 0.6 is 0 Å². The van der Waals surface area contributed by atoms with Crippen LogP contribution in [0.25, 0.3) is 10.9 Å². The summed E-state index contributed by atoms with van der Waals surface area (Å²) in [5, 5.41) is 1.12. The van der Waals surface area contributed by atoms with Crippen molar-refractivity contribution < 1.29 is 14.3 Å². The maximum Gasteiger partial charge on any atom is 0.310 e. The van der Waals surface area contributed by atoms with Crippen LogP contribution in [0, 0.1) is 12.8 Å². The first-order valence-electron chi connectivity index (χ1n) is 9.12. The van der Waals surface area contributed by atoms with Gasteiger partial charge < -0.3 is 14.2 Å². The quantitative estimate of drug-likeness (QED) is 0.800. The lowest BCUT2D eigenvalue weighted by molar-refractivity contribution is -0.149. The zero-order valence-corrected chi connectivity index (χ0v) is 15.2. The number of para-hydroxylation sites is 1. The molecule has 2 heterocycles. The molecule has 1 aliphatic heterocycles. The van der Waals surface area contributed by atoms with E-state index in [1.807, 2.05) is 30.9 Å². The van der Waals surface area contributed by atoms with Crippen LogP contribution < -0.4 is 0 Å². The molecule has 0 N–H and O–H groups in total. The van der Waals surface area contributed by atoms with Crippen molar-refractivity contribution in [3.63, 3.8) is 0 Å². The van der Waals surface area contributed by atoms with E-state index in [1.54, 1.807) is 0 Å². The van der Waals surface area contributed by atoms with Gasteiger partial charge in [-0.2, -0.15) is 0 Å². The molecule has 0 bridgehead atoms. The fourth-order valence-corrected chi connectivity index (χ4v) is 3.84. The largest absolute Gasteiger partial charge is 0.466 e. The second kappa shape index (κ2) is 7.30. The highest BCUT2D eigenvalue weighted by atomic mass is 16.5. The topological polar surface area (TPSA) is 51.5 Å². The number of rotatable bonds is 4. The summed E-state index contributed by atoms with van der Waals surface area (Å²) in [6, 6.07) is 8.12. The standard InChI is InChI=1S/C20H26N2O3/c1-4-22-17-11-7-6-10-16(17)14(3)18(22)19(23)21-12-8-9-15(13-21)20(24)25-5-2/h6-7,10-11,15H,4-5,8-9,12-13H2,1-3H3. The van der Waals surface area contributed by atoms with Gasteiger partial charge in [-0.05, 0) is 45.2 Å². The third-order valence-corrected chi connectivity index (χ3v) is 5.07. The van der Waals surface area contributed by atoms with Crippen molar-refractivity contribution in [3.05, 3.63) is 35.5 Å². The molecule has 3 rings (SSSR count). The molecule has 1 aromatic heterocycles. The lowest BCUT2D eigenvalue weighted by atomic mass is 9.97. The van der Waals surface area contributed by atoms with E-state index in [1.165, 1.54) is 0 Å². The van der Waals surface area contributed by atoms with Crippen molar-refractivity contribution in [2.24, 2.45) is 5.92 Å². The summed E-state index contributed by atoms with van der Waals surface area (Å²) in [4.78, 5) is 27.1. The highest BCUT2D eigenvalue weighted by Crippen LogP contribution is 2.28. The van der Waals surface area contributed by atoms with Crippen LogP contribution in [-0.2, 0) is 16.1 Å². The predicted molar refractivity (Wildman–Crippen MR) is 97.6 cm³/mol. The molecule has 0 saturated carbocycles. The van der Waals surface area contributed by atoms with Gasteiger partial charge >= 0.3 is 5.97 Å². The minimum absolute atomic E-state index is 0.0181. The monoisotopic (exact) mass is 342 g/mol. The molecule has 5 nitrogen and oxygen atoms in total. The Labute approximate surface area is 148 Å². The molecule has 134 valence electrons. The number of likely N-dealkylation sites (tertiary alicyclic amines) is 1. The molecule has 5 heteroatoms. The number of carbonyl (C=O) groups excluding carboxylic acids is 2. The van der Waals surface area contributed by atoms with Crippen molar-refractivity contribution in [2.75, 3.05) is 19.7 Å². The van der Waals surface area contributed by atoms with Gasteiger partial charge in [0.2, 0.25) is 0 Å². The zero-order valence-electron chi connectivity index (χ0n) is 15.2. The van der Waals surface area contributed by atoms with E-state index in [2.05, 4.69) is 23.6 Å². The number of amides is 1. The summed E-state index contributed by atoms with van der Waals surface area (Å²) in [5.41, 5.74) is 2.85. The normalized spacial score (nSPS) is 17.7. The van der Waals surface area contributed by atoms with Gasteiger partial charge in [-0.1, -0.05) is 18.2 Å². The van der Waals surface area contributed by atoms with E-state index in [0.29, 0.717) is 19.7 Å². The van der Waals surface area contributed by atoms with Crippen LogP contribution in [0.4, 0.5) is 0 Å². The van der Waals surface area contributed by atoms with Gasteiger partial charge in [-0.15, -0.1) is 0 Å². The highest BCUT2D eigenvalue weighted by molar-refractivity contribution is 6.01. The zero-order chi connectivity index (χ0) is 18.0. The number of fused-ring (bicyclic) bond motifs is 1. The van der Waals surface area contributed by atoms with Crippen LogP contribution in [0.2, 0.25) is 0 Å². The number of piperidine rings is 1. The van der Waals surface area contributed by atoms with E-state index in [0.717, 1.165) is 41.5 Å². The van der Waals surface area contributed by atoms with Crippen LogP contribution in [0.1, 0.15) is 42.7 Å². The summed E-state index contributed by atoms with van der Waals surface area (Å²) in [6.07, 6.45) is 1.62. The minimum atomic E-state index is -0.211. The highest BCUT2D eigenvalue weighted by Gasteiger charge is 2.32. The molecule has 25 heavy (non-hydrogen) atoms. The van der Waals surface area contributed by atoms with Gasteiger partial charge in [0.15, 0.2) is 0 Å². The number of ether oxygens (including phenoxy) is 1. The van der Waals surface area contributed by atoms with E-state index in [-0.39, 0.29) is 17.8 Å². The van der Waals surface area contributed by atoms with Gasteiger partial charge in [-0.25, -0.2) is 0 Å².